The molecule has 1 saturated heterocycles. The van der Waals surface area contributed by atoms with Crippen LogP contribution in [0.1, 0.15) is 44.9 Å². The summed E-state index contributed by atoms with van der Waals surface area (Å²) in [6, 6.07) is 0.803. The molecule has 2 nitrogen and oxygen atoms in total. The highest BCUT2D eigenvalue weighted by Gasteiger charge is 2.18. The van der Waals surface area contributed by atoms with Crippen LogP contribution in [0, 0.1) is 0 Å². The van der Waals surface area contributed by atoms with E-state index in [-0.39, 0.29) is 24.8 Å². The number of hydrazine groups is 1. The van der Waals surface area contributed by atoms with Gasteiger partial charge in [-0.1, -0.05) is 19.3 Å². The molecule has 14 heavy (non-hydrogen) atoms. The Hall–Kier alpha value is 0.500. The van der Waals surface area contributed by atoms with Gasteiger partial charge in [-0.05, 0) is 25.7 Å². The van der Waals surface area contributed by atoms with E-state index in [4.69, 9.17) is 0 Å². The summed E-state index contributed by atoms with van der Waals surface area (Å²) in [5.41, 5.74) is 3.65. The van der Waals surface area contributed by atoms with E-state index in [0.717, 1.165) is 6.04 Å². The lowest BCUT2D eigenvalue weighted by Crippen LogP contribution is -2.43. The molecule has 0 radical (unpaired) electrons. The van der Waals surface area contributed by atoms with Crippen LogP contribution in [0.25, 0.3) is 0 Å². The van der Waals surface area contributed by atoms with Crippen LogP contribution in [0.2, 0.25) is 0 Å². The summed E-state index contributed by atoms with van der Waals surface area (Å²) in [4.78, 5) is 0. The van der Waals surface area contributed by atoms with Crippen LogP contribution in [0.3, 0.4) is 0 Å². The van der Waals surface area contributed by atoms with Crippen molar-refractivity contribution in [3.8, 4) is 0 Å². The van der Waals surface area contributed by atoms with Gasteiger partial charge in [-0.15, -0.1) is 24.8 Å². The average molecular weight is 241 g/mol. The van der Waals surface area contributed by atoms with Crippen molar-refractivity contribution in [1.82, 2.24) is 10.4 Å². The van der Waals surface area contributed by atoms with Gasteiger partial charge < -0.3 is 0 Å². The summed E-state index contributed by atoms with van der Waals surface area (Å²) in [5.74, 6) is 0. The highest BCUT2D eigenvalue weighted by molar-refractivity contribution is 5.85. The molecule has 1 aliphatic carbocycles. The zero-order valence-corrected chi connectivity index (χ0v) is 10.3. The molecular formula is C10H22Cl2N2. The molecule has 0 unspecified atom stereocenters. The third-order valence-corrected chi connectivity index (χ3v) is 3.08. The minimum absolute atomic E-state index is 0. The van der Waals surface area contributed by atoms with Crippen molar-refractivity contribution < 1.29 is 0 Å². The van der Waals surface area contributed by atoms with Crippen molar-refractivity contribution in [2.24, 2.45) is 0 Å². The van der Waals surface area contributed by atoms with Crippen LogP contribution in [0.15, 0.2) is 0 Å². The van der Waals surface area contributed by atoms with Gasteiger partial charge in [0.15, 0.2) is 0 Å². The maximum atomic E-state index is 3.65. The summed E-state index contributed by atoms with van der Waals surface area (Å²) in [7, 11) is 0. The fraction of sp³-hybridized carbons (Fsp3) is 1.00. The highest BCUT2D eigenvalue weighted by Crippen LogP contribution is 2.18. The van der Waals surface area contributed by atoms with E-state index in [2.05, 4.69) is 10.4 Å². The van der Waals surface area contributed by atoms with Crippen molar-refractivity contribution in [2.75, 3.05) is 13.1 Å². The molecule has 1 aliphatic heterocycles. The Labute approximate surface area is 99.6 Å². The molecule has 0 atom stereocenters. The second-order valence-electron chi connectivity index (χ2n) is 4.16. The Morgan fingerprint density at radius 3 is 1.93 bits per heavy atom. The first-order chi connectivity index (χ1) is 5.95. The maximum Gasteiger partial charge on any atom is 0.0215 e. The molecule has 0 aromatic rings. The lowest BCUT2D eigenvalue weighted by atomic mass is 9.96. The van der Waals surface area contributed by atoms with Gasteiger partial charge in [0.2, 0.25) is 0 Å². The third kappa shape index (κ3) is 4.35. The van der Waals surface area contributed by atoms with E-state index < -0.39 is 0 Å². The Bertz CT molecular complexity index is 132. The predicted molar refractivity (Wildman–Crippen MR) is 65.3 cm³/mol. The molecule has 0 aromatic heterocycles. The van der Waals surface area contributed by atoms with E-state index in [1.807, 2.05) is 0 Å². The van der Waals surface area contributed by atoms with Gasteiger partial charge in [-0.25, -0.2) is 5.01 Å². The van der Waals surface area contributed by atoms with Crippen molar-refractivity contribution in [3.63, 3.8) is 0 Å². The topological polar surface area (TPSA) is 15.3 Å². The van der Waals surface area contributed by atoms with Gasteiger partial charge in [0.25, 0.3) is 0 Å². The summed E-state index contributed by atoms with van der Waals surface area (Å²) < 4.78 is 0. The number of nitrogens with zero attached hydrogens (tertiary/aromatic N) is 1. The standard InChI is InChI=1S/C10H20N2.2ClH/c1-2-6-10(7-3-1)11-12-8-4-5-9-12;;/h10-11H,1-9H2;2*1H. The van der Waals surface area contributed by atoms with Gasteiger partial charge in [-0.2, -0.15) is 0 Å². The number of hydrogen-bond acceptors (Lipinski definition) is 2. The predicted octanol–water partition coefficient (Wildman–Crippen LogP) is 2.76. The second kappa shape index (κ2) is 7.75. The summed E-state index contributed by atoms with van der Waals surface area (Å²) in [6.45, 7) is 2.55. The van der Waals surface area contributed by atoms with Crippen LogP contribution in [0.4, 0.5) is 0 Å². The van der Waals surface area contributed by atoms with Gasteiger partial charge in [0.1, 0.15) is 0 Å². The fourth-order valence-corrected chi connectivity index (χ4v) is 2.34. The second-order valence-corrected chi connectivity index (χ2v) is 4.16. The first-order valence-electron chi connectivity index (χ1n) is 5.46. The summed E-state index contributed by atoms with van der Waals surface area (Å²) >= 11 is 0. The molecule has 0 amide bonds. The van der Waals surface area contributed by atoms with Crippen molar-refractivity contribution in [2.45, 2.75) is 51.0 Å². The first kappa shape index (κ1) is 14.5. The molecule has 2 fully saturated rings. The lowest BCUT2D eigenvalue weighted by Gasteiger charge is -2.28. The van der Waals surface area contributed by atoms with E-state index in [1.54, 1.807) is 0 Å². The number of nitrogens with one attached hydrogen (secondary N) is 1. The molecule has 4 heteroatoms. The number of hydrogen-bond donors (Lipinski definition) is 1. The first-order valence-corrected chi connectivity index (χ1v) is 5.46. The molecule has 0 aromatic carbocycles. The molecule has 2 aliphatic rings. The van der Waals surface area contributed by atoms with Crippen molar-refractivity contribution >= 4 is 24.8 Å². The quantitative estimate of drug-likeness (QED) is 0.799. The zero-order valence-electron chi connectivity index (χ0n) is 8.71. The van der Waals surface area contributed by atoms with Gasteiger partial charge in [0, 0.05) is 19.1 Å². The van der Waals surface area contributed by atoms with E-state index in [1.165, 1.54) is 58.0 Å². The minimum Gasteiger partial charge on any atom is -0.252 e. The summed E-state index contributed by atoms with van der Waals surface area (Å²) in [5, 5.41) is 2.43. The van der Waals surface area contributed by atoms with Crippen molar-refractivity contribution in [3.05, 3.63) is 0 Å². The van der Waals surface area contributed by atoms with E-state index in [9.17, 15) is 0 Å². The summed E-state index contributed by atoms with van der Waals surface area (Å²) in [6.07, 6.45) is 9.90. The fourth-order valence-electron chi connectivity index (χ4n) is 2.34. The average Bonchev–Trinajstić information content (AvgIpc) is 2.59. The molecule has 2 rings (SSSR count). The lowest BCUT2D eigenvalue weighted by molar-refractivity contribution is 0.172. The molecule has 0 bridgehead atoms. The molecular weight excluding hydrogens is 219 g/mol. The molecule has 86 valence electrons. The van der Waals surface area contributed by atoms with Gasteiger partial charge in [-0.3, -0.25) is 5.43 Å². The molecule has 0 spiro atoms. The molecule has 1 heterocycles. The minimum atomic E-state index is 0. The zero-order chi connectivity index (χ0) is 8.23. The van der Waals surface area contributed by atoms with Crippen LogP contribution in [-0.4, -0.2) is 24.1 Å². The third-order valence-electron chi connectivity index (χ3n) is 3.08. The number of halogens is 2. The highest BCUT2D eigenvalue weighted by atomic mass is 35.5. The normalized spacial score (nSPS) is 24.0. The van der Waals surface area contributed by atoms with Crippen LogP contribution in [0.5, 0.6) is 0 Å². The molecule has 1 N–H and O–H groups in total. The molecule has 1 saturated carbocycles. The largest absolute Gasteiger partial charge is 0.252 e. The van der Waals surface area contributed by atoms with Gasteiger partial charge in [0.05, 0.1) is 0 Å². The van der Waals surface area contributed by atoms with Crippen molar-refractivity contribution in [1.29, 1.82) is 0 Å². The maximum absolute atomic E-state index is 3.65. The van der Waals surface area contributed by atoms with E-state index in [0.29, 0.717) is 0 Å². The van der Waals surface area contributed by atoms with Crippen LogP contribution in [-0.2, 0) is 0 Å². The monoisotopic (exact) mass is 240 g/mol. The Balaban J connectivity index is 0.000000845. The Morgan fingerprint density at radius 2 is 1.36 bits per heavy atom. The Morgan fingerprint density at radius 1 is 0.786 bits per heavy atom. The smallest absolute Gasteiger partial charge is 0.0215 e. The SMILES string of the molecule is C1CCC(NN2CCCC2)CC1.Cl.Cl. The van der Waals surface area contributed by atoms with Gasteiger partial charge >= 0.3 is 0 Å². The van der Waals surface area contributed by atoms with Crippen LogP contribution < -0.4 is 5.43 Å². The Kier molecular flexibility index (Phi) is 8.02. The van der Waals surface area contributed by atoms with Crippen LogP contribution >= 0.6 is 24.8 Å². The number of rotatable bonds is 2. The van der Waals surface area contributed by atoms with E-state index >= 15 is 0 Å².